The van der Waals surface area contributed by atoms with Gasteiger partial charge in [0.25, 0.3) is 5.69 Å². The smallest absolute Gasteiger partial charge is 0.283 e. The van der Waals surface area contributed by atoms with Crippen molar-refractivity contribution in [2.75, 3.05) is 0 Å². The fourth-order valence-corrected chi connectivity index (χ4v) is 2.14. The third-order valence-corrected chi connectivity index (χ3v) is 3.55. The van der Waals surface area contributed by atoms with Gasteiger partial charge >= 0.3 is 0 Å². The van der Waals surface area contributed by atoms with Crippen molar-refractivity contribution in [3.05, 3.63) is 38.3 Å². The third-order valence-electron chi connectivity index (χ3n) is 2.88. The van der Waals surface area contributed by atoms with Crippen LogP contribution in [0.2, 0.25) is 0 Å². The van der Waals surface area contributed by atoms with E-state index in [1.807, 2.05) is 6.07 Å². The maximum absolute atomic E-state index is 10.8. The molecular formula is C11H13BrN2O2. The molecule has 1 aromatic rings. The van der Waals surface area contributed by atoms with Crippen molar-refractivity contribution in [3.8, 4) is 0 Å². The molecule has 2 N–H and O–H groups in total. The molecular weight excluding hydrogens is 272 g/mol. The Balaban J connectivity index is 2.20. The molecule has 0 heterocycles. The number of nitrogens with zero attached hydrogens (tertiary/aromatic N) is 1. The average Bonchev–Trinajstić information content (AvgIpc) is 3.01. The number of nitro benzene ring substituents is 1. The van der Waals surface area contributed by atoms with Crippen LogP contribution in [0.3, 0.4) is 0 Å². The molecule has 0 unspecified atom stereocenters. The van der Waals surface area contributed by atoms with Gasteiger partial charge in [0.1, 0.15) is 0 Å². The van der Waals surface area contributed by atoms with Gasteiger partial charge in [0.15, 0.2) is 0 Å². The summed E-state index contributed by atoms with van der Waals surface area (Å²) in [5.74, 6) is 0.720. The molecule has 1 aromatic carbocycles. The number of rotatable bonds is 4. The van der Waals surface area contributed by atoms with Crippen molar-refractivity contribution >= 4 is 21.6 Å². The van der Waals surface area contributed by atoms with Crippen molar-refractivity contribution in [2.45, 2.75) is 25.3 Å². The van der Waals surface area contributed by atoms with E-state index in [9.17, 15) is 10.1 Å². The van der Waals surface area contributed by atoms with Gasteiger partial charge in [-0.2, -0.15) is 0 Å². The first-order valence-electron chi connectivity index (χ1n) is 5.27. The lowest BCUT2D eigenvalue weighted by atomic mass is 10.0. The summed E-state index contributed by atoms with van der Waals surface area (Å²) in [5.41, 5.74) is 6.95. The lowest BCUT2D eigenvalue weighted by Crippen LogP contribution is -2.11. The van der Waals surface area contributed by atoms with Crippen molar-refractivity contribution in [1.29, 1.82) is 0 Å². The molecule has 1 atom stereocenters. The fraction of sp³-hybridized carbons (Fsp3) is 0.455. The predicted octanol–water partition coefficient (Wildman–Crippen LogP) is 3.16. The Labute approximate surface area is 102 Å². The standard InChI is InChI=1S/C11H13BrN2O2/c12-9-4-3-8(6-11(9)14(15)16)10(13)5-7-1-2-7/h3-4,6-7,10H,1-2,5,13H2/t10-/m1/s1. The van der Waals surface area contributed by atoms with Crippen molar-refractivity contribution in [3.63, 3.8) is 0 Å². The number of benzene rings is 1. The van der Waals surface area contributed by atoms with Crippen molar-refractivity contribution < 1.29 is 4.92 Å². The number of hydrogen-bond acceptors (Lipinski definition) is 3. The monoisotopic (exact) mass is 284 g/mol. The highest BCUT2D eigenvalue weighted by atomic mass is 79.9. The van der Waals surface area contributed by atoms with Gasteiger partial charge in [-0.1, -0.05) is 18.9 Å². The molecule has 0 bridgehead atoms. The lowest BCUT2D eigenvalue weighted by molar-refractivity contribution is -0.385. The molecule has 2 rings (SSSR count). The van der Waals surface area contributed by atoms with E-state index in [4.69, 9.17) is 5.73 Å². The Morgan fingerprint density at radius 3 is 2.81 bits per heavy atom. The van der Waals surface area contributed by atoms with Gasteiger partial charge in [0.05, 0.1) is 9.40 Å². The van der Waals surface area contributed by atoms with E-state index in [-0.39, 0.29) is 11.7 Å². The van der Waals surface area contributed by atoms with E-state index in [0.717, 1.165) is 17.9 Å². The van der Waals surface area contributed by atoms with Crippen LogP contribution in [0.4, 0.5) is 5.69 Å². The Morgan fingerprint density at radius 1 is 1.56 bits per heavy atom. The minimum Gasteiger partial charge on any atom is -0.324 e. The number of nitro groups is 1. The average molecular weight is 285 g/mol. The summed E-state index contributed by atoms with van der Waals surface area (Å²) in [6.45, 7) is 0. The molecule has 0 aliphatic heterocycles. The SMILES string of the molecule is N[C@H](CC1CC1)c1ccc(Br)c([N+](=O)[O-])c1. The minimum absolute atomic E-state index is 0.0840. The largest absolute Gasteiger partial charge is 0.324 e. The van der Waals surface area contributed by atoms with E-state index in [2.05, 4.69) is 15.9 Å². The van der Waals surface area contributed by atoms with Crippen LogP contribution in [-0.4, -0.2) is 4.92 Å². The Kier molecular flexibility index (Phi) is 3.25. The van der Waals surface area contributed by atoms with Gasteiger partial charge in [-0.05, 0) is 39.9 Å². The van der Waals surface area contributed by atoms with E-state index < -0.39 is 4.92 Å². The van der Waals surface area contributed by atoms with Crippen LogP contribution in [0, 0.1) is 16.0 Å². The van der Waals surface area contributed by atoms with Crippen LogP contribution in [-0.2, 0) is 0 Å². The normalized spacial score (nSPS) is 17.1. The van der Waals surface area contributed by atoms with Gasteiger partial charge in [-0.3, -0.25) is 10.1 Å². The van der Waals surface area contributed by atoms with Gasteiger partial charge in [0.2, 0.25) is 0 Å². The summed E-state index contributed by atoms with van der Waals surface area (Å²) in [6.07, 6.45) is 3.41. The topological polar surface area (TPSA) is 69.2 Å². The van der Waals surface area contributed by atoms with Gasteiger partial charge < -0.3 is 5.73 Å². The van der Waals surface area contributed by atoms with Crippen LogP contribution in [0.15, 0.2) is 22.7 Å². The van der Waals surface area contributed by atoms with Crippen LogP contribution in [0.25, 0.3) is 0 Å². The molecule has 1 fully saturated rings. The van der Waals surface area contributed by atoms with E-state index >= 15 is 0 Å². The zero-order valence-electron chi connectivity index (χ0n) is 8.73. The minimum atomic E-state index is -0.391. The highest BCUT2D eigenvalue weighted by Gasteiger charge is 2.25. The summed E-state index contributed by atoms with van der Waals surface area (Å²) in [7, 11) is 0. The molecule has 5 heteroatoms. The summed E-state index contributed by atoms with van der Waals surface area (Å²) < 4.78 is 0.500. The Bertz CT molecular complexity index is 418. The molecule has 4 nitrogen and oxygen atoms in total. The summed E-state index contributed by atoms with van der Waals surface area (Å²) in [4.78, 5) is 10.4. The number of halogens is 1. The second-order valence-corrected chi connectivity index (χ2v) is 5.11. The number of nitrogens with two attached hydrogens (primary N) is 1. The highest BCUT2D eigenvalue weighted by Crippen LogP contribution is 2.37. The first-order chi connectivity index (χ1) is 7.58. The summed E-state index contributed by atoms with van der Waals surface area (Å²) >= 11 is 3.16. The molecule has 0 spiro atoms. The van der Waals surface area contributed by atoms with E-state index in [1.165, 1.54) is 12.8 Å². The molecule has 1 aliphatic carbocycles. The van der Waals surface area contributed by atoms with Crippen LogP contribution in [0.1, 0.15) is 30.9 Å². The summed E-state index contributed by atoms with van der Waals surface area (Å²) in [5, 5.41) is 10.8. The molecule has 0 amide bonds. The Morgan fingerprint density at radius 2 is 2.25 bits per heavy atom. The molecule has 0 saturated heterocycles. The Hall–Kier alpha value is -0.940. The van der Waals surface area contributed by atoms with Gasteiger partial charge in [-0.25, -0.2) is 0 Å². The predicted molar refractivity (Wildman–Crippen MR) is 65.1 cm³/mol. The quantitative estimate of drug-likeness (QED) is 0.682. The lowest BCUT2D eigenvalue weighted by Gasteiger charge is -2.11. The molecule has 0 aromatic heterocycles. The van der Waals surface area contributed by atoms with Crippen LogP contribution >= 0.6 is 15.9 Å². The first-order valence-corrected chi connectivity index (χ1v) is 6.06. The zero-order chi connectivity index (χ0) is 11.7. The molecule has 0 radical (unpaired) electrons. The van der Waals surface area contributed by atoms with E-state index in [0.29, 0.717) is 4.47 Å². The maximum atomic E-state index is 10.8. The second-order valence-electron chi connectivity index (χ2n) is 4.25. The maximum Gasteiger partial charge on any atom is 0.283 e. The first kappa shape index (κ1) is 11.5. The van der Waals surface area contributed by atoms with Gasteiger partial charge in [-0.15, -0.1) is 0 Å². The number of hydrogen-bond donors (Lipinski definition) is 1. The third kappa shape index (κ3) is 2.59. The zero-order valence-corrected chi connectivity index (χ0v) is 10.3. The highest BCUT2D eigenvalue weighted by molar-refractivity contribution is 9.10. The van der Waals surface area contributed by atoms with E-state index in [1.54, 1.807) is 12.1 Å². The van der Waals surface area contributed by atoms with Gasteiger partial charge in [0, 0.05) is 12.1 Å². The molecule has 1 saturated carbocycles. The van der Waals surface area contributed by atoms with Crippen LogP contribution in [0.5, 0.6) is 0 Å². The molecule has 16 heavy (non-hydrogen) atoms. The molecule has 1 aliphatic rings. The summed E-state index contributed by atoms with van der Waals surface area (Å²) in [6, 6.07) is 5.03. The fourth-order valence-electron chi connectivity index (χ4n) is 1.75. The second kappa shape index (κ2) is 4.51. The molecule has 86 valence electrons. The van der Waals surface area contributed by atoms with Crippen molar-refractivity contribution in [1.82, 2.24) is 0 Å². The van der Waals surface area contributed by atoms with Crippen molar-refractivity contribution in [2.24, 2.45) is 11.7 Å². The van der Waals surface area contributed by atoms with Crippen LogP contribution < -0.4 is 5.73 Å².